The molecule has 1 aromatic heterocycles. The molecule has 0 saturated carbocycles. The number of benzene rings is 2. The maximum atomic E-state index is 12.1. The molecule has 0 unspecified atom stereocenters. The zero-order valence-electron chi connectivity index (χ0n) is 14.5. The number of nitrogens with one attached hydrogen (secondary N) is 1. The van der Waals surface area contributed by atoms with Gasteiger partial charge in [0.05, 0.1) is 12.8 Å². The van der Waals surface area contributed by atoms with Crippen molar-refractivity contribution in [1.82, 2.24) is 8.87 Å². The fourth-order valence-electron chi connectivity index (χ4n) is 2.99. The van der Waals surface area contributed by atoms with Crippen LogP contribution in [-0.2, 0) is 21.4 Å². The maximum Gasteiger partial charge on any atom is 0.239 e. The van der Waals surface area contributed by atoms with Crippen LogP contribution in [-0.4, -0.2) is 43.0 Å². The number of rotatable bonds is 5. The third-order valence-corrected chi connectivity index (χ3v) is 5.57. The number of sulfonamides is 1. The lowest BCUT2D eigenvalue weighted by Gasteiger charge is -2.13. The number of nitrogens with zero attached hydrogens (tertiary/aromatic N) is 2. The van der Waals surface area contributed by atoms with Crippen molar-refractivity contribution in [2.45, 2.75) is 13.5 Å². The highest BCUT2D eigenvalue weighted by atomic mass is 32.2. The molecule has 0 atom stereocenters. The molecule has 0 fully saturated rings. The quantitative estimate of drug-likeness (QED) is 0.761. The fourth-order valence-corrected chi connectivity index (χ4v) is 3.34. The van der Waals surface area contributed by atoms with E-state index in [0.29, 0.717) is 5.69 Å². The molecule has 0 bridgehead atoms. The second-order valence-corrected chi connectivity index (χ2v) is 8.15. The molecule has 7 heteroatoms. The molecule has 0 saturated heterocycles. The molecule has 25 heavy (non-hydrogen) atoms. The molecule has 2 aromatic carbocycles. The number of likely N-dealkylation sites (N-methyl/N-ethyl adjacent to an activating group) is 1. The number of aromatic nitrogens is 1. The highest BCUT2D eigenvalue weighted by Crippen LogP contribution is 2.30. The van der Waals surface area contributed by atoms with Gasteiger partial charge >= 0.3 is 0 Å². The van der Waals surface area contributed by atoms with Gasteiger partial charge in [-0.3, -0.25) is 4.79 Å². The largest absolute Gasteiger partial charge is 0.341 e. The SMILES string of the molecule is CCn1c2ccccc2c2cc(NC(=O)CN(C)S(C)(=O)=O)ccc21. The average Bonchev–Trinajstić information content (AvgIpc) is 2.87. The van der Waals surface area contributed by atoms with Crippen LogP contribution in [0.3, 0.4) is 0 Å². The van der Waals surface area contributed by atoms with Crippen molar-refractivity contribution >= 4 is 43.4 Å². The molecule has 0 aliphatic rings. The third kappa shape index (κ3) is 3.38. The van der Waals surface area contributed by atoms with E-state index in [9.17, 15) is 13.2 Å². The second-order valence-electron chi connectivity index (χ2n) is 6.06. The summed E-state index contributed by atoms with van der Waals surface area (Å²) in [4.78, 5) is 12.1. The van der Waals surface area contributed by atoms with Crippen molar-refractivity contribution in [3.8, 4) is 0 Å². The summed E-state index contributed by atoms with van der Waals surface area (Å²) < 4.78 is 26.1. The summed E-state index contributed by atoms with van der Waals surface area (Å²) in [7, 11) is -2.00. The molecular weight excluding hydrogens is 338 g/mol. The van der Waals surface area contributed by atoms with Crippen molar-refractivity contribution in [2.24, 2.45) is 0 Å². The number of carbonyl (C=O) groups excluding carboxylic acids is 1. The van der Waals surface area contributed by atoms with E-state index in [2.05, 4.69) is 28.9 Å². The topological polar surface area (TPSA) is 71.4 Å². The van der Waals surface area contributed by atoms with Gasteiger partial charge < -0.3 is 9.88 Å². The fraction of sp³-hybridized carbons (Fsp3) is 0.278. The third-order valence-electron chi connectivity index (χ3n) is 4.30. The Bertz CT molecular complexity index is 1050. The Morgan fingerprint density at radius 2 is 1.80 bits per heavy atom. The molecule has 0 radical (unpaired) electrons. The number of hydrogen-bond donors (Lipinski definition) is 1. The number of aryl methyl sites for hydroxylation is 1. The molecule has 1 heterocycles. The van der Waals surface area contributed by atoms with E-state index in [-0.39, 0.29) is 12.5 Å². The predicted molar refractivity (Wildman–Crippen MR) is 101 cm³/mol. The minimum absolute atomic E-state index is 0.215. The monoisotopic (exact) mass is 359 g/mol. The van der Waals surface area contributed by atoms with E-state index in [0.717, 1.165) is 38.9 Å². The lowest BCUT2D eigenvalue weighted by atomic mass is 10.1. The molecule has 0 aliphatic carbocycles. The Morgan fingerprint density at radius 1 is 1.12 bits per heavy atom. The van der Waals surface area contributed by atoms with Crippen LogP contribution in [0.4, 0.5) is 5.69 Å². The highest BCUT2D eigenvalue weighted by Gasteiger charge is 2.16. The summed E-state index contributed by atoms with van der Waals surface area (Å²) >= 11 is 0. The maximum absolute atomic E-state index is 12.1. The Hall–Kier alpha value is -2.38. The van der Waals surface area contributed by atoms with Crippen LogP contribution in [0.25, 0.3) is 21.8 Å². The zero-order valence-corrected chi connectivity index (χ0v) is 15.3. The number of carbonyl (C=O) groups is 1. The minimum atomic E-state index is -3.38. The summed E-state index contributed by atoms with van der Waals surface area (Å²) in [5, 5.41) is 4.96. The van der Waals surface area contributed by atoms with Crippen LogP contribution >= 0.6 is 0 Å². The van der Waals surface area contributed by atoms with Crippen LogP contribution in [0, 0.1) is 0 Å². The normalized spacial score (nSPS) is 12.2. The summed E-state index contributed by atoms with van der Waals surface area (Å²) in [6, 6.07) is 13.9. The van der Waals surface area contributed by atoms with E-state index in [4.69, 9.17) is 0 Å². The Labute approximate surface area is 147 Å². The van der Waals surface area contributed by atoms with Gasteiger partial charge in [-0.1, -0.05) is 18.2 Å². The summed E-state index contributed by atoms with van der Waals surface area (Å²) in [5.74, 6) is -0.369. The van der Waals surface area contributed by atoms with Crippen molar-refractivity contribution in [3.05, 3.63) is 42.5 Å². The molecule has 6 nitrogen and oxygen atoms in total. The molecular formula is C18H21N3O3S. The van der Waals surface area contributed by atoms with Crippen molar-refractivity contribution in [2.75, 3.05) is 25.2 Å². The van der Waals surface area contributed by atoms with Crippen molar-refractivity contribution < 1.29 is 13.2 Å². The number of anilines is 1. The van der Waals surface area contributed by atoms with Crippen LogP contribution in [0.5, 0.6) is 0 Å². The first kappa shape index (κ1) is 17.4. The van der Waals surface area contributed by atoms with Gasteiger partial charge in [0.1, 0.15) is 0 Å². The van der Waals surface area contributed by atoms with Crippen LogP contribution in [0.1, 0.15) is 6.92 Å². The molecule has 3 rings (SSSR count). The van der Waals surface area contributed by atoms with Gasteiger partial charge in [-0.25, -0.2) is 8.42 Å². The molecule has 132 valence electrons. The molecule has 0 spiro atoms. The predicted octanol–water partition coefficient (Wildman–Crippen LogP) is 2.64. The van der Waals surface area contributed by atoms with Gasteiger partial charge in [-0.2, -0.15) is 4.31 Å². The minimum Gasteiger partial charge on any atom is -0.341 e. The van der Waals surface area contributed by atoms with E-state index < -0.39 is 10.0 Å². The highest BCUT2D eigenvalue weighted by molar-refractivity contribution is 7.88. The Balaban J connectivity index is 1.94. The van der Waals surface area contributed by atoms with E-state index in [1.165, 1.54) is 7.05 Å². The van der Waals surface area contributed by atoms with Crippen molar-refractivity contribution in [1.29, 1.82) is 0 Å². The summed E-state index contributed by atoms with van der Waals surface area (Å²) in [6.45, 7) is 2.74. The first-order valence-corrected chi connectivity index (χ1v) is 9.88. The molecule has 1 N–H and O–H groups in total. The molecule has 0 aliphatic heterocycles. The van der Waals surface area contributed by atoms with Gasteiger partial charge in [0.25, 0.3) is 0 Å². The van der Waals surface area contributed by atoms with Gasteiger partial charge in [0.15, 0.2) is 0 Å². The van der Waals surface area contributed by atoms with Crippen LogP contribution < -0.4 is 5.32 Å². The molecule has 1 amide bonds. The number of amides is 1. The molecule has 3 aromatic rings. The lowest BCUT2D eigenvalue weighted by molar-refractivity contribution is -0.116. The zero-order chi connectivity index (χ0) is 18.2. The average molecular weight is 359 g/mol. The van der Waals surface area contributed by atoms with Gasteiger partial charge in [-0.05, 0) is 31.2 Å². The summed E-state index contributed by atoms with van der Waals surface area (Å²) in [6.07, 6.45) is 1.08. The number of hydrogen-bond acceptors (Lipinski definition) is 3. The van der Waals surface area contributed by atoms with Crippen LogP contribution in [0.15, 0.2) is 42.5 Å². The van der Waals surface area contributed by atoms with E-state index in [1.54, 1.807) is 0 Å². The van der Waals surface area contributed by atoms with E-state index in [1.807, 2.05) is 30.3 Å². The lowest BCUT2D eigenvalue weighted by Crippen LogP contribution is -2.34. The second kappa shape index (κ2) is 6.50. The first-order valence-electron chi connectivity index (χ1n) is 8.03. The van der Waals surface area contributed by atoms with Gasteiger partial charge in [-0.15, -0.1) is 0 Å². The standard InChI is InChI=1S/C18H21N3O3S/c1-4-21-16-8-6-5-7-14(16)15-11-13(9-10-17(15)21)19-18(22)12-20(2)25(3,23)24/h5-11H,4,12H2,1-3H3,(H,19,22). The van der Waals surface area contributed by atoms with Crippen LogP contribution in [0.2, 0.25) is 0 Å². The number of para-hydroxylation sites is 1. The van der Waals surface area contributed by atoms with Gasteiger partial charge in [0.2, 0.25) is 15.9 Å². The van der Waals surface area contributed by atoms with E-state index >= 15 is 0 Å². The number of fused-ring (bicyclic) bond motifs is 3. The van der Waals surface area contributed by atoms with Crippen molar-refractivity contribution in [3.63, 3.8) is 0 Å². The summed E-state index contributed by atoms with van der Waals surface area (Å²) in [5.41, 5.74) is 2.91. The van der Waals surface area contributed by atoms with Gasteiger partial charge in [0, 0.05) is 41.1 Å². The first-order chi connectivity index (χ1) is 11.8. The Kier molecular flexibility index (Phi) is 4.53. The smallest absolute Gasteiger partial charge is 0.239 e. The Morgan fingerprint density at radius 3 is 2.48 bits per heavy atom.